The van der Waals surface area contributed by atoms with Gasteiger partial charge in [0.1, 0.15) is 0 Å². The zero-order valence-electron chi connectivity index (χ0n) is 34.1. The lowest BCUT2D eigenvalue weighted by Crippen LogP contribution is -2.28. The summed E-state index contributed by atoms with van der Waals surface area (Å²) in [5.41, 5.74) is 22.1. The predicted molar refractivity (Wildman–Crippen MR) is 259 cm³/mol. The second kappa shape index (κ2) is 15.3. The maximum absolute atomic E-state index is 6.93. The number of nitrogens with two attached hydrogens (primary N) is 1. The summed E-state index contributed by atoms with van der Waals surface area (Å²) in [7, 11) is 0. The molecule has 0 unspecified atom stereocenters. The minimum absolute atomic E-state index is 0.458. The van der Waals surface area contributed by atoms with Crippen LogP contribution in [-0.4, -0.2) is 0 Å². The monoisotopic (exact) mass is 779 g/mol. The number of rotatable bonds is 8. The van der Waals surface area contributed by atoms with Crippen LogP contribution in [0.15, 0.2) is 230 Å². The molecule has 1 heteroatoms. The van der Waals surface area contributed by atoms with Crippen molar-refractivity contribution in [3.8, 4) is 22.3 Å². The third-order valence-electron chi connectivity index (χ3n) is 13.0. The third-order valence-corrected chi connectivity index (χ3v) is 13.0. The van der Waals surface area contributed by atoms with E-state index in [0.717, 1.165) is 36.1 Å². The van der Waals surface area contributed by atoms with E-state index in [2.05, 4.69) is 218 Å². The standard InChI is InChI=1S/C60H45N/c61-58(42-20-7-2-8-21-42)40-45(33-32-41-18-5-1-6-19-41)48-29-17-30-53-49-26-13-14-27-50(49)55-38-43(35-37-54(55)59(48)53)44-34-36-52-51-28-15-16-31-56(51)60(57(52)39-44,46-22-9-3-10-23-46)47-24-11-4-12-25-47/h2-5,7-31,33-40H,1,6,32,61H2/b45-33+,58-40-. The van der Waals surface area contributed by atoms with Crippen molar-refractivity contribution in [2.24, 2.45) is 5.73 Å². The Bertz CT molecular complexity index is 3220. The van der Waals surface area contributed by atoms with Crippen LogP contribution in [0.4, 0.5) is 0 Å². The molecule has 0 spiro atoms. The molecule has 9 aromatic carbocycles. The van der Waals surface area contributed by atoms with Crippen LogP contribution < -0.4 is 5.73 Å². The molecule has 0 saturated carbocycles. The van der Waals surface area contributed by atoms with Crippen LogP contribution in [-0.2, 0) is 5.41 Å². The van der Waals surface area contributed by atoms with E-state index in [0.29, 0.717) is 0 Å². The minimum Gasteiger partial charge on any atom is -0.398 e. The van der Waals surface area contributed by atoms with E-state index in [9.17, 15) is 0 Å². The zero-order valence-corrected chi connectivity index (χ0v) is 34.1. The fourth-order valence-corrected chi connectivity index (χ4v) is 10.2. The summed E-state index contributed by atoms with van der Waals surface area (Å²) in [6.45, 7) is 0. The number of fused-ring (bicyclic) bond motifs is 9. The van der Waals surface area contributed by atoms with Crippen LogP contribution in [0, 0.1) is 0 Å². The summed E-state index contributed by atoms with van der Waals surface area (Å²) in [4.78, 5) is 0. The van der Waals surface area contributed by atoms with Crippen molar-refractivity contribution < 1.29 is 0 Å². The average Bonchev–Trinajstić information content (AvgIpc) is 3.64. The van der Waals surface area contributed by atoms with Gasteiger partial charge in [-0.25, -0.2) is 0 Å². The molecular weight excluding hydrogens is 735 g/mol. The van der Waals surface area contributed by atoms with Gasteiger partial charge in [0, 0.05) is 5.70 Å². The van der Waals surface area contributed by atoms with Gasteiger partial charge < -0.3 is 5.73 Å². The van der Waals surface area contributed by atoms with Crippen molar-refractivity contribution in [2.75, 3.05) is 0 Å². The quantitative estimate of drug-likeness (QED) is 0.121. The molecule has 0 bridgehead atoms. The molecule has 0 aromatic heterocycles. The first-order valence-electron chi connectivity index (χ1n) is 21.5. The molecule has 2 aliphatic rings. The Hall–Kier alpha value is -7.48. The Morgan fingerprint density at radius 1 is 0.508 bits per heavy atom. The van der Waals surface area contributed by atoms with Gasteiger partial charge in [0.25, 0.3) is 0 Å². The van der Waals surface area contributed by atoms with Crippen molar-refractivity contribution in [3.63, 3.8) is 0 Å². The molecule has 0 fully saturated rings. The Kier molecular flexibility index (Phi) is 9.16. The van der Waals surface area contributed by atoms with Crippen molar-refractivity contribution in [1.82, 2.24) is 0 Å². The smallest absolute Gasteiger partial charge is 0.0713 e. The summed E-state index contributed by atoms with van der Waals surface area (Å²) in [5, 5.41) is 7.47. The van der Waals surface area contributed by atoms with Gasteiger partial charge in [0.15, 0.2) is 0 Å². The lowest BCUT2D eigenvalue weighted by Gasteiger charge is -2.34. The molecule has 2 N–H and O–H groups in total. The van der Waals surface area contributed by atoms with Crippen LogP contribution in [0.3, 0.4) is 0 Å². The van der Waals surface area contributed by atoms with Gasteiger partial charge in [-0.05, 0) is 137 Å². The molecule has 290 valence electrons. The van der Waals surface area contributed by atoms with Gasteiger partial charge in [-0.15, -0.1) is 0 Å². The minimum atomic E-state index is -0.458. The van der Waals surface area contributed by atoms with Crippen molar-refractivity contribution in [3.05, 3.63) is 263 Å². The van der Waals surface area contributed by atoms with Crippen molar-refractivity contribution >= 4 is 43.6 Å². The van der Waals surface area contributed by atoms with E-state index in [-0.39, 0.29) is 0 Å². The summed E-state index contributed by atoms with van der Waals surface area (Å²) < 4.78 is 0. The lowest BCUT2D eigenvalue weighted by atomic mass is 9.67. The molecule has 1 nitrogen and oxygen atoms in total. The highest BCUT2D eigenvalue weighted by molar-refractivity contribution is 6.28. The van der Waals surface area contributed by atoms with Gasteiger partial charge in [0.2, 0.25) is 0 Å². The third kappa shape index (κ3) is 6.16. The van der Waals surface area contributed by atoms with Crippen molar-refractivity contribution in [2.45, 2.75) is 24.7 Å². The Labute approximate surface area is 358 Å². The Morgan fingerprint density at radius 3 is 1.85 bits per heavy atom. The normalized spacial score (nSPS) is 14.6. The van der Waals surface area contributed by atoms with Gasteiger partial charge in [-0.1, -0.05) is 206 Å². The second-order valence-corrected chi connectivity index (χ2v) is 16.4. The summed E-state index contributed by atoms with van der Waals surface area (Å²) >= 11 is 0. The maximum Gasteiger partial charge on any atom is 0.0713 e. The van der Waals surface area contributed by atoms with Gasteiger partial charge in [-0.3, -0.25) is 0 Å². The lowest BCUT2D eigenvalue weighted by molar-refractivity contribution is 0.769. The fraction of sp³-hybridized carbons (Fsp3) is 0.0667. The van der Waals surface area contributed by atoms with Gasteiger partial charge in [-0.2, -0.15) is 0 Å². The Balaban J connectivity index is 1.13. The van der Waals surface area contributed by atoms with E-state index in [1.165, 1.54) is 88.0 Å². The molecule has 0 radical (unpaired) electrons. The largest absolute Gasteiger partial charge is 0.398 e. The highest BCUT2D eigenvalue weighted by Crippen LogP contribution is 2.56. The summed E-state index contributed by atoms with van der Waals surface area (Å²) in [5.74, 6) is 0. The number of benzene rings is 9. The average molecular weight is 780 g/mol. The molecule has 0 atom stereocenters. The highest BCUT2D eigenvalue weighted by atomic mass is 14.6. The van der Waals surface area contributed by atoms with Gasteiger partial charge in [0.05, 0.1) is 5.41 Å². The molecule has 11 rings (SSSR count). The molecule has 0 heterocycles. The van der Waals surface area contributed by atoms with Crippen LogP contribution in [0.1, 0.15) is 52.6 Å². The first-order chi connectivity index (χ1) is 30.2. The number of hydrogen-bond acceptors (Lipinski definition) is 1. The second-order valence-electron chi connectivity index (χ2n) is 16.4. The topological polar surface area (TPSA) is 26.0 Å². The molecule has 0 aliphatic heterocycles. The Morgan fingerprint density at radius 2 is 1.11 bits per heavy atom. The fourth-order valence-electron chi connectivity index (χ4n) is 10.2. The predicted octanol–water partition coefficient (Wildman–Crippen LogP) is 15.2. The summed E-state index contributed by atoms with van der Waals surface area (Å²) in [6, 6.07) is 71.4. The van der Waals surface area contributed by atoms with E-state index in [1.807, 2.05) is 6.07 Å². The first kappa shape index (κ1) is 36.6. The maximum atomic E-state index is 6.93. The van der Waals surface area contributed by atoms with E-state index in [1.54, 1.807) is 0 Å². The molecule has 0 amide bonds. The number of allylic oxidation sites excluding steroid dienone is 7. The van der Waals surface area contributed by atoms with Crippen molar-refractivity contribution in [1.29, 1.82) is 0 Å². The van der Waals surface area contributed by atoms with Crippen LogP contribution in [0.2, 0.25) is 0 Å². The number of hydrogen-bond donors (Lipinski definition) is 1. The van der Waals surface area contributed by atoms with E-state index in [4.69, 9.17) is 5.73 Å². The first-order valence-corrected chi connectivity index (χ1v) is 21.5. The van der Waals surface area contributed by atoms with E-state index >= 15 is 0 Å². The zero-order chi connectivity index (χ0) is 40.8. The van der Waals surface area contributed by atoms with E-state index < -0.39 is 5.41 Å². The summed E-state index contributed by atoms with van der Waals surface area (Å²) in [6.07, 6.45) is 14.5. The molecule has 9 aromatic rings. The SMILES string of the molecule is N/C(=C\C(=C/CC1=CCCC=C1)c1cccc2c3ccccc3c3cc(-c4ccc5c(c4)C(c4ccccc4)(c4ccccc4)c4ccccc4-5)ccc3c12)c1ccccc1. The van der Waals surface area contributed by atoms with Crippen LogP contribution in [0.5, 0.6) is 0 Å². The van der Waals surface area contributed by atoms with Gasteiger partial charge >= 0.3 is 0 Å². The van der Waals surface area contributed by atoms with Crippen LogP contribution >= 0.6 is 0 Å². The molecule has 0 saturated heterocycles. The molecule has 2 aliphatic carbocycles. The molecule has 61 heavy (non-hydrogen) atoms. The van der Waals surface area contributed by atoms with Crippen LogP contribution in [0.25, 0.3) is 65.8 Å². The molecular formula is C60H45N. The highest BCUT2D eigenvalue weighted by Gasteiger charge is 2.46.